The summed E-state index contributed by atoms with van der Waals surface area (Å²) in [5, 5.41) is 6.89. The quantitative estimate of drug-likeness (QED) is 0.898. The minimum atomic E-state index is 0.551. The first kappa shape index (κ1) is 14.9. The molecule has 0 saturated heterocycles. The Morgan fingerprint density at radius 2 is 2.05 bits per heavy atom. The summed E-state index contributed by atoms with van der Waals surface area (Å²) in [4.78, 5) is 7.23. The van der Waals surface area contributed by atoms with Gasteiger partial charge in [-0.05, 0) is 39.8 Å². The predicted octanol–water partition coefficient (Wildman–Crippen LogP) is 3.23. The van der Waals surface area contributed by atoms with Gasteiger partial charge in [0.15, 0.2) is 0 Å². The molecular formula is C15H27N3S. The highest BCUT2D eigenvalue weighted by molar-refractivity contribution is 7.09. The van der Waals surface area contributed by atoms with Crippen molar-refractivity contribution in [1.82, 2.24) is 15.2 Å². The molecule has 1 aromatic heterocycles. The van der Waals surface area contributed by atoms with Gasteiger partial charge in [0.25, 0.3) is 0 Å². The van der Waals surface area contributed by atoms with E-state index in [4.69, 9.17) is 4.98 Å². The summed E-state index contributed by atoms with van der Waals surface area (Å²) in [6.07, 6.45) is 5.23. The van der Waals surface area contributed by atoms with Crippen LogP contribution < -0.4 is 5.32 Å². The topological polar surface area (TPSA) is 28.2 Å². The van der Waals surface area contributed by atoms with Crippen LogP contribution in [0.1, 0.15) is 56.2 Å². The zero-order chi connectivity index (χ0) is 13.8. The average molecular weight is 281 g/mol. The lowest BCUT2D eigenvalue weighted by Gasteiger charge is -2.34. The molecule has 4 heteroatoms. The first-order valence-corrected chi connectivity index (χ1v) is 8.30. The Kier molecular flexibility index (Phi) is 5.37. The van der Waals surface area contributed by atoms with Gasteiger partial charge in [-0.1, -0.05) is 13.8 Å². The Morgan fingerprint density at radius 3 is 2.58 bits per heavy atom. The van der Waals surface area contributed by atoms with Crippen molar-refractivity contribution in [1.29, 1.82) is 0 Å². The number of nitrogens with zero attached hydrogens (tertiary/aromatic N) is 2. The van der Waals surface area contributed by atoms with Crippen LogP contribution in [0.15, 0.2) is 5.38 Å². The smallest absolute Gasteiger partial charge is 0.0954 e. The van der Waals surface area contributed by atoms with Crippen molar-refractivity contribution < 1.29 is 0 Å². The summed E-state index contributed by atoms with van der Waals surface area (Å²) in [6.45, 7) is 5.43. The zero-order valence-corrected chi connectivity index (χ0v) is 13.5. The highest BCUT2D eigenvalue weighted by Crippen LogP contribution is 2.25. The molecule has 0 spiro atoms. The molecule has 1 saturated carbocycles. The molecule has 0 aliphatic heterocycles. The third kappa shape index (κ3) is 4.01. The third-order valence-electron chi connectivity index (χ3n) is 4.20. The third-order valence-corrected chi connectivity index (χ3v) is 5.40. The van der Waals surface area contributed by atoms with Crippen LogP contribution in [-0.2, 0) is 6.54 Å². The molecular weight excluding hydrogens is 254 g/mol. The standard InChI is InChI=1S/C15H27N3S/c1-11(2)15-17-13(10-19-15)9-18(4)14-7-5-12(16-3)6-8-14/h10-12,14,16H,5-9H2,1-4H3. The fraction of sp³-hybridized carbons (Fsp3) is 0.800. The SMILES string of the molecule is CNC1CCC(N(C)Cc2csc(C(C)C)n2)CC1. The van der Waals surface area contributed by atoms with Crippen molar-refractivity contribution in [3.63, 3.8) is 0 Å². The zero-order valence-electron chi connectivity index (χ0n) is 12.6. The van der Waals surface area contributed by atoms with Crippen molar-refractivity contribution in [2.24, 2.45) is 0 Å². The largest absolute Gasteiger partial charge is 0.317 e. The maximum atomic E-state index is 4.74. The summed E-state index contributed by atoms with van der Waals surface area (Å²) in [6, 6.07) is 1.46. The average Bonchev–Trinajstić information content (AvgIpc) is 2.87. The van der Waals surface area contributed by atoms with Gasteiger partial charge >= 0.3 is 0 Å². The molecule has 1 aliphatic carbocycles. The van der Waals surface area contributed by atoms with Crippen LogP contribution >= 0.6 is 11.3 Å². The summed E-state index contributed by atoms with van der Waals surface area (Å²) in [7, 11) is 4.33. The maximum Gasteiger partial charge on any atom is 0.0954 e. The fourth-order valence-corrected chi connectivity index (χ4v) is 3.68. The van der Waals surface area contributed by atoms with Crippen molar-refractivity contribution in [2.45, 2.75) is 64.1 Å². The predicted molar refractivity (Wildman–Crippen MR) is 82.8 cm³/mol. The molecule has 2 rings (SSSR count). The maximum absolute atomic E-state index is 4.74. The van der Waals surface area contributed by atoms with Gasteiger partial charge in [0.2, 0.25) is 0 Å². The van der Waals surface area contributed by atoms with Crippen LogP contribution in [-0.4, -0.2) is 36.1 Å². The fourth-order valence-electron chi connectivity index (χ4n) is 2.85. The Hall–Kier alpha value is -0.450. The van der Waals surface area contributed by atoms with Crippen LogP contribution in [0.25, 0.3) is 0 Å². The number of hydrogen-bond donors (Lipinski definition) is 1. The lowest BCUT2D eigenvalue weighted by atomic mass is 9.90. The van der Waals surface area contributed by atoms with E-state index in [1.54, 1.807) is 11.3 Å². The van der Waals surface area contributed by atoms with E-state index in [0.29, 0.717) is 5.92 Å². The van der Waals surface area contributed by atoms with E-state index >= 15 is 0 Å². The molecule has 1 aliphatic rings. The van der Waals surface area contributed by atoms with Crippen molar-refractivity contribution in [2.75, 3.05) is 14.1 Å². The van der Waals surface area contributed by atoms with Crippen LogP contribution in [0, 0.1) is 0 Å². The molecule has 0 radical (unpaired) electrons. The summed E-state index contributed by atoms with van der Waals surface area (Å²) >= 11 is 1.80. The number of rotatable bonds is 5. The Bertz CT molecular complexity index is 380. The van der Waals surface area contributed by atoms with Crippen molar-refractivity contribution >= 4 is 11.3 Å². The second-order valence-electron chi connectivity index (χ2n) is 6.04. The number of hydrogen-bond acceptors (Lipinski definition) is 4. The van der Waals surface area contributed by atoms with E-state index in [1.807, 2.05) is 0 Å². The second kappa shape index (κ2) is 6.82. The molecule has 1 aromatic rings. The van der Waals surface area contributed by atoms with E-state index in [9.17, 15) is 0 Å². The van der Waals surface area contributed by atoms with Gasteiger partial charge in [-0.2, -0.15) is 0 Å². The monoisotopic (exact) mass is 281 g/mol. The van der Waals surface area contributed by atoms with Gasteiger partial charge in [-0.25, -0.2) is 4.98 Å². The van der Waals surface area contributed by atoms with E-state index in [0.717, 1.165) is 18.6 Å². The molecule has 1 heterocycles. The Morgan fingerprint density at radius 1 is 1.37 bits per heavy atom. The van der Waals surface area contributed by atoms with Gasteiger partial charge < -0.3 is 5.32 Å². The lowest BCUT2D eigenvalue weighted by molar-refractivity contribution is 0.168. The van der Waals surface area contributed by atoms with Gasteiger partial charge in [0.1, 0.15) is 0 Å². The van der Waals surface area contributed by atoms with Gasteiger partial charge in [0.05, 0.1) is 10.7 Å². The van der Waals surface area contributed by atoms with Gasteiger partial charge in [0, 0.05) is 29.9 Å². The first-order valence-electron chi connectivity index (χ1n) is 7.42. The molecule has 19 heavy (non-hydrogen) atoms. The molecule has 1 N–H and O–H groups in total. The highest BCUT2D eigenvalue weighted by Gasteiger charge is 2.23. The van der Waals surface area contributed by atoms with Crippen molar-refractivity contribution in [3.05, 3.63) is 16.1 Å². The van der Waals surface area contributed by atoms with E-state index in [2.05, 4.69) is 43.5 Å². The van der Waals surface area contributed by atoms with Crippen molar-refractivity contribution in [3.8, 4) is 0 Å². The molecule has 108 valence electrons. The number of nitrogens with one attached hydrogen (secondary N) is 1. The first-order chi connectivity index (χ1) is 9.10. The highest BCUT2D eigenvalue weighted by atomic mass is 32.1. The summed E-state index contributed by atoms with van der Waals surface area (Å²) < 4.78 is 0. The number of thiazole rings is 1. The summed E-state index contributed by atoms with van der Waals surface area (Å²) in [5.41, 5.74) is 1.24. The van der Waals surface area contributed by atoms with Crippen LogP contribution in [0.5, 0.6) is 0 Å². The molecule has 1 fully saturated rings. The normalized spacial score (nSPS) is 24.3. The minimum Gasteiger partial charge on any atom is -0.317 e. The molecule has 0 aromatic carbocycles. The molecule has 0 amide bonds. The molecule has 3 nitrogen and oxygen atoms in total. The van der Waals surface area contributed by atoms with E-state index in [1.165, 1.54) is 36.4 Å². The lowest BCUT2D eigenvalue weighted by Crippen LogP contribution is -2.39. The van der Waals surface area contributed by atoms with Crippen LogP contribution in [0.4, 0.5) is 0 Å². The summed E-state index contributed by atoms with van der Waals surface area (Å²) in [5.74, 6) is 0.551. The molecule has 0 unspecified atom stereocenters. The van der Waals surface area contributed by atoms with E-state index in [-0.39, 0.29) is 0 Å². The molecule has 0 bridgehead atoms. The van der Waals surface area contributed by atoms with Crippen LogP contribution in [0.3, 0.4) is 0 Å². The minimum absolute atomic E-state index is 0.551. The second-order valence-corrected chi connectivity index (χ2v) is 6.93. The van der Waals surface area contributed by atoms with Gasteiger partial charge in [-0.3, -0.25) is 4.90 Å². The Labute approximate surface area is 121 Å². The Balaban J connectivity index is 1.85. The van der Waals surface area contributed by atoms with Crippen LogP contribution in [0.2, 0.25) is 0 Å². The van der Waals surface area contributed by atoms with E-state index < -0.39 is 0 Å². The molecule has 0 atom stereocenters. The van der Waals surface area contributed by atoms with Gasteiger partial charge in [-0.15, -0.1) is 11.3 Å². The number of aromatic nitrogens is 1.